The highest BCUT2D eigenvalue weighted by atomic mass is 32.2. The Hall–Kier alpha value is -0.900. The maximum atomic E-state index is 12.3. The summed E-state index contributed by atoms with van der Waals surface area (Å²) in [6.07, 6.45) is 3.12. The van der Waals surface area contributed by atoms with Gasteiger partial charge in [-0.2, -0.15) is 5.26 Å². The summed E-state index contributed by atoms with van der Waals surface area (Å²) >= 11 is 1.02. The van der Waals surface area contributed by atoms with E-state index in [1.165, 1.54) is 6.07 Å². The van der Waals surface area contributed by atoms with Crippen LogP contribution in [0.25, 0.3) is 0 Å². The third kappa shape index (κ3) is 3.16. The predicted octanol–water partition coefficient (Wildman–Crippen LogP) is 2.72. The Balaban J connectivity index is 2.15. The first-order chi connectivity index (χ1) is 8.94. The Kier molecular flexibility index (Phi) is 4.29. The zero-order valence-corrected chi connectivity index (χ0v) is 12.7. The molecule has 1 fully saturated rings. The van der Waals surface area contributed by atoms with Crippen molar-refractivity contribution in [2.24, 2.45) is 11.8 Å². The summed E-state index contributed by atoms with van der Waals surface area (Å²) in [6, 6.07) is 5.02. The minimum atomic E-state index is -3.49. The fourth-order valence-electron chi connectivity index (χ4n) is 2.53. The van der Waals surface area contributed by atoms with E-state index in [4.69, 9.17) is 5.26 Å². The van der Waals surface area contributed by atoms with E-state index < -0.39 is 10.0 Å². The molecule has 0 spiro atoms. The van der Waals surface area contributed by atoms with Gasteiger partial charge in [-0.25, -0.2) is 13.1 Å². The molecule has 0 aromatic carbocycles. The number of hydrogen-bond donors (Lipinski definition) is 1. The molecular weight excluding hydrogens is 280 g/mol. The van der Waals surface area contributed by atoms with Crippen molar-refractivity contribution in [3.05, 3.63) is 17.0 Å². The van der Waals surface area contributed by atoms with Crippen LogP contribution >= 0.6 is 11.3 Å². The van der Waals surface area contributed by atoms with Gasteiger partial charge in [-0.05, 0) is 30.4 Å². The van der Waals surface area contributed by atoms with Crippen LogP contribution in [0.2, 0.25) is 0 Å². The molecule has 0 bridgehead atoms. The molecule has 0 radical (unpaired) electrons. The summed E-state index contributed by atoms with van der Waals surface area (Å²) in [5.74, 6) is 0.887. The van der Waals surface area contributed by atoms with Crippen LogP contribution in [0.3, 0.4) is 0 Å². The number of nitrogens with zero attached hydrogens (tertiary/aromatic N) is 1. The van der Waals surface area contributed by atoms with Crippen molar-refractivity contribution in [1.29, 1.82) is 5.26 Å². The molecular formula is C13H18N2O2S2. The number of thiophene rings is 1. The molecule has 1 aliphatic carbocycles. The van der Waals surface area contributed by atoms with Crippen LogP contribution in [0.1, 0.15) is 38.0 Å². The number of rotatable bonds is 3. The molecule has 1 aromatic rings. The number of nitrogens with one attached hydrogen (secondary N) is 1. The van der Waals surface area contributed by atoms with Crippen LogP contribution in [0, 0.1) is 23.2 Å². The highest BCUT2D eigenvalue weighted by Gasteiger charge is 2.31. The molecule has 1 saturated carbocycles. The lowest BCUT2D eigenvalue weighted by atomic mass is 9.78. The molecule has 1 N–H and O–H groups in total. The van der Waals surface area contributed by atoms with Crippen LogP contribution in [0.15, 0.2) is 16.3 Å². The van der Waals surface area contributed by atoms with E-state index in [0.717, 1.165) is 30.6 Å². The lowest BCUT2D eigenvalue weighted by Crippen LogP contribution is -2.43. The lowest BCUT2D eigenvalue weighted by molar-refractivity contribution is 0.227. The third-order valence-electron chi connectivity index (χ3n) is 3.97. The Morgan fingerprint density at radius 3 is 2.74 bits per heavy atom. The first-order valence-electron chi connectivity index (χ1n) is 6.46. The molecule has 104 valence electrons. The Labute approximate surface area is 118 Å². The van der Waals surface area contributed by atoms with Crippen molar-refractivity contribution < 1.29 is 8.42 Å². The van der Waals surface area contributed by atoms with Gasteiger partial charge in [0, 0.05) is 6.04 Å². The second-order valence-electron chi connectivity index (χ2n) is 5.23. The van der Waals surface area contributed by atoms with Gasteiger partial charge in [0.1, 0.15) is 15.2 Å². The van der Waals surface area contributed by atoms with Gasteiger partial charge in [0.2, 0.25) is 10.0 Å². The van der Waals surface area contributed by atoms with E-state index in [1.807, 2.05) is 6.07 Å². The maximum absolute atomic E-state index is 12.3. The van der Waals surface area contributed by atoms with Gasteiger partial charge in [-0.1, -0.05) is 26.7 Å². The van der Waals surface area contributed by atoms with Gasteiger partial charge in [-0.15, -0.1) is 11.3 Å². The fraction of sp³-hybridized carbons (Fsp3) is 0.615. The number of sulfonamides is 1. The van der Waals surface area contributed by atoms with Crippen molar-refractivity contribution in [3.8, 4) is 6.07 Å². The Morgan fingerprint density at radius 1 is 1.37 bits per heavy atom. The van der Waals surface area contributed by atoms with Crippen LogP contribution in [-0.4, -0.2) is 14.5 Å². The largest absolute Gasteiger partial charge is 0.250 e. The highest BCUT2D eigenvalue weighted by molar-refractivity contribution is 7.91. The Bertz CT molecular complexity index is 586. The summed E-state index contributed by atoms with van der Waals surface area (Å²) in [5.41, 5.74) is 0. The molecule has 1 aromatic heterocycles. The lowest BCUT2D eigenvalue weighted by Gasteiger charge is -2.34. The van der Waals surface area contributed by atoms with Crippen LogP contribution in [-0.2, 0) is 10.0 Å². The topological polar surface area (TPSA) is 70.0 Å². The molecule has 19 heavy (non-hydrogen) atoms. The first-order valence-corrected chi connectivity index (χ1v) is 8.76. The molecule has 3 atom stereocenters. The van der Waals surface area contributed by atoms with E-state index in [0.29, 0.717) is 16.7 Å². The molecule has 2 rings (SSSR count). The molecule has 6 heteroatoms. The number of hydrogen-bond acceptors (Lipinski definition) is 4. The molecule has 4 nitrogen and oxygen atoms in total. The second kappa shape index (κ2) is 5.61. The molecule has 1 heterocycles. The van der Waals surface area contributed by atoms with Crippen molar-refractivity contribution >= 4 is 21.4 Å². The first kappa shape index (κ1) is 14.5. The van der Waals surface area contributed by atoms with Crippen molar-refractivity contribution in [1.82, 2.24) is 4.72 Å². The summed E-state index contributed by atoms with van der Waals surface area (Å²) < 4.78 is 27.6. The van der Waals surface area contributed by atoms with Crippen molar-refractivity contribution in [2.45, 2.75) is 43.4 Å². The van der Waals surface area contributed by atoms with Crippen LogP contribution < -0.4 is 4.72 Å². The van der Waals surface area contributed by atoms with E-state index in [2.05, 4.69) is 18.6 Å². The average molecular weight is 298 g/mol. The van der Waals surface area contributed by atoms with Crippen LogP contribution in [0.5, 0.6) is 0 Å². The minimum Gasteiger partial charge on any atom is -0.207 e. The summed E-state index contributed by atoms with van der Waals surface area (Å²) in [5, 5.41) is 8.76. The van der Waals surface area contributed by atoms with Gasteiger partial charge < -0.3 is 0 Å². The van der Waals surface area contributed by atoms with E-state index >= 15 is 0 Å². The fourth-order valence-corrected chi connectivity index (χ4v) is 5.01. The second-order valence-corrected chi connectivity index (χ2v) is 8.25. The van der Waals surface area contributed by atoms with E-state index in [9.17, 15) is 8.42 Å². The maximum Gasteiger partial charge on any atom is 0.250 e. The van der Waals surface area contributed by atoms with Gasteiger partial charge >= 0.3 is 0 Å². The smallest absolute Gasteiger partial charge is 0.207 e. The molecule has 1 aliphatic rings. The zero-order chi connectivity index (χ0) is 14.0. The van der Waals surface area contributed by atoms with Gasteiger partial charge in [0.25, 0.3) is 0 Å². The van der Waals surface area contributed by atoms with E-state index in [1.54, 1.807) is 6.07 Å². The summed E-state index contributed by atoms with van der Waals surface area (Å²) in [7, 11) is -3.49. The zero-order valence-electron chi connectivity index (χ0n) is 11.1. The predicted molar refractivity (Wildman–Crippen MR) is 75.3 cm³/mol. The van der Waals surface area contributed by atoms with E-state index in [-0.39, 0.29) is 10.3 Å². The number of nitriles is 1. The van der Waals surface area contributed by atoms with Crippen molar-refractivity contribution in [3.63, 3.8) is 0 Å². The average Bonchev–Trinajstić information content (AvgIpc) is 2.84. The molecule has 0 amide bonds. The minimum absolute atomic E-state index is 0.00128. The summed E-state index contributed by atoms with van der Waals surface area (Å²) in [6.45, 7) is 4.27. The van der Waals surface area contributed by atoms with Crippen LogP contribution in [0.4, 0.5) is 0 Å². The standard InChI is InChI=1S/C13H18N2O2S2/c1-9-4-3-5-12(10(9)2)15-19(16,17)13-7-6-11(8-14)18-13/h6-7,9-10,12,15H,3-5H2,1-2H3. The molecule has 0 aliphatic heterocycles. The van der Waals surface area contributed by atoms with Gasteiger partial charge in [-0.3, -0.25) is 0 Å². The SMILES string of the molecule is CC1CCCC(NS(=O)(=O)c2ccc(C#N)s2)C1C. The van der Waals surface area contributed by atoms with Crippen molar-refractivity contribution in [2.75, 3.05) is 0 Å². The monoisotopic (exact) mass is 298 g/mol. The third-order valence-corrected chi connectivity index (χ3v) is 6.94. The molecule has 0 saturated heterocycles. The summed E-state index contributed by atoms with van der Waals surface area (Å²) in [4.78, 5) is 0.422. The normalized spacial score (nSPS) is 27.9. The highest BCUT2D eigenvalue weighted by Crippen LogP contribution is 2.31. The molecule has 3 unspecified atom stereocenters. The Morgan fingerprint density at radius 2 is 2.11 bits per heavy atom. The van der Waals surface area contributed by atoms with Gasteiger partial charge in [0.15, 0.2) is 0 Å². The quantitative estimate of drug-likeness (QED) is 0.932. The van der Waals surface area contributed by atoms with Gasteiger partial charge in [0.05, 0.1) is 0 Å².